The summed E-state index contributed by atoms with van der Waals surface area (Å²) in [5.41, 5.74) is 11.2. The van der Waals surface area contributed by atoms with E-state index >= 15 is 0 Å². The molecule has 0 radical (unpaired) electrons. The third-order valence-corrected chi connectivity index (χ3v) is 9.09. The molecule has 0 aliphatic rings. The standard InChI is InChI=1S/C32H30N8O11S2.2Na/c1-48-25-13-22(26(49-2)12-20(25)34)37-35-18-7-5-16-9-30(53(45,46)47)31(32(41)19(16)11-18)40-39-24-15-27(50-3)23(14-28(24)51-4)38-36-21-8-6-17(33)10-29(21)52(42,43)44;;/h5-15,41H,33-34H2,1-4H3,(H,42,43,44)(H,45,46,47);;/q;2*+1/p-2. The maximum atomic E-state index is 13.7. The maximum Gasteiger partial charge on any atom is 1.00 e. The van der Waals surface area contributed by atoms with E-state index < -0.39 is 41.5 Å². The van der Waals surface area contributed by atoms with Gasteiger partial charge in [-0.1, -0.05) is 11.8 Å². The summed E-state index contributed by atoms with van der Waals surface area (Å²) in [6.07, 6.45) is 0. The first-order chi connectivity index (χ1) is 25.1. The van der Waals surface area contributed by atoms with Crippen LogP contribution in [0.1, 0.15) is 0 Å². The summed E-state index contributed by atoms with van der Waals surface area (Å²) in [6, 6.07) is 14.2. The van der Waals surface area contributed by atoms with Crippen molar-refractivity contribution in [1.29, 1.82) is 0 Å². The van der Waals surface area contributed by atoms with Crippen LogP contribution in [0.3, 0.4) is 0 Å². The zero-order valence-electron chi connectivity index (χ0n) is 30.0. The van der Waals surface area contributed by atoms with Crippen LogP contribution < -0.4 is 94.6 Å². The molecule has 0 saturated heterocycles. The maximum absolute atomic E-state index is 13.7. The van der Waals surface area contributed by atoms with Crippen LogP contribution in [0.5, 0.6) is 28.7 Å². The molecule has 0 heterocycles. The van der Waals surface area contributed by atoms with Crippen molar-refractivity contribution in [2.75, 3.05) is 39.9 Å². The molecule has 5 N–H and O–H groups in total. The number of nitrogens with zero attached hydrogens (tertiary/aromatic N) is 6. The van der Waals surface area contributed by atoms with E-state index in [1.165, 1.54) is 83.0 Å². The first-order valence-corrected chi connectivity index (χ1v) is 17.6. The fraction of sp³-hybridized carbons (Fsp3) is 0.125. The summed E-state index contributed by atoms with van der Waals surface area (Å²) in [6.45, 7) is 0. The zero-order valence-corrected chi connectivity index (χ0v) is 35.7. The summed E-state index contributed by atoms with van der Waals surface area (Å²) in [5.74, 6) is -0.340. The predicted octanol–water partition coefficient (Wildman–Crippen LogP) is 0.517. The first kappa shape index (κ1) is 45.0. The fourth-order valence-corrected chi connectivity index (χ4v) is 6.11. The Kier molecular flexibility index (Phi) is 15.1. The van der Waals surface area contributed by atoms with Gasteiger partial charge in [0.15, 0.2) is 0 Å². The number of azo groups is 3. The number of ether oxygens (including phenoxy) is 4. The second-order valence-corrected chi connectivity index (χ2v) is 13.4. The number of nitrogens with two attached hydrogens (primary N) is 2. The summed E-state index contributed by atoms with van der Waals surface area (Å²) < 4.78 is 91.3. The first-order valence-electron chi connectivity index (χ1n) is 14.7. The molecule has 0 spiro atoms. The normalized spacial score (nSPS) is 11.8. The van der Waals surface area contributed by atoms with Gasteiger partial charge in [0.25, 0.3) is 10.1 Å². The Morgan fingerprint density at radius 2 is 1.11 bits per heavy atom. The third-order valence-electron chi connectivity index (χ3n) is 7.36. The molecule has 5 aromatic carbocycles. The van der Waals surface area contributed by atoms with Crippen LogP contribution in [0.25, 0.3) is 10.8 Å². The minimum atomic E-state index is -5.00. The number of nitrogen functional groups attached to an aromatic ring is 2. The van der Waals surface area contributed by atoms with Crippen LogP contribution in [0.15, 0.2) is 107 Å². The van der Waals surface area contributed by atoms with Gasteiger partial charge >= 0.3 is 59.1 Å². The summed E-state index contributed by atoms with van der Waals surface area (Å²) >= 11 is 0. The van der Waals surface area contributed by atoms with E-state index in [-0.39, 0.29) is 116 Å². The average Bonchev–Trinajstić information content (AvgIpc) is 3.12. The fourth-order valence-electron chi connectivity index (χ4n) is 4.81. The van der Waals surface area contributed by atoms with Gasteiger partial charge in [-0.2, -0.15) is 13.5 Å². The van der Waals surface area contributed by atoms with Crippen molar-refractivity contribution < 1.29 is 109 Å². The molecule has 0 bridgehead atoms. The number of anilines is 2. The number of hydrogen-bond acceptors (Lipinski definition) is 18. The van der Waals surface area contributed by atoms with Gasteiger partial charge in [-0.25, -0.2) is 8.42 Å². The summed E-state index contributed by atoms with van der Waals surface area (Å²) in [5, 5.41) is 37.9. The van der Waals surface area contributed by atoms with Crippen molar-refractivity contribution in [3.8, 4) is 28.7 Å². The van der Waals surface area contributed by atoms with Crippen molar-refractivity contribution in [2.45, 2.75) is 9.79 Å². The van der Waals surface area contributed by atoms with Crippen molar-refractivity contribution in [3.63, 3.8) is 0 Å². The molecule has 0 saturated carbocycles. The smallest absolute Gasteiger partial charge is 0.871 e. The molecular weight excluding hydrogens is 783 g/mol. The molecular formula is C32H28N8Na2O11S2. The van der Waals surface area contributed by atoms with E-state index in [1.54, 1.807) is 0 Å². The van der Waals surface area contributed by atoms with E-state index in [9.17, 15) is 31.0 Å². The van der Waals surface area contributed by atoms with E-state index in [2.05, 4.69) is 30.7 Å². The molecule has 0 aliphatic carbocycles. The second kappa shape index (κ2) is 18.5. The molecule has 23 heteroatoms. The van der Waals surface area contributed by atoms with Gasteiger partial charge in [0.2, 0.25) is 0 Å². The largest absolute Gasteiger partial charge is 1.00 e. The van der Waals surface area contributed by atoms with Crippen molar-refractivity contribution >= 4 is 76.5 Å². The van der Waals surface area contributed by atoms with Gasteiger partial charge in [0, 0.05) is 30.0 Å². The Morgan fingerprint density at radius 3 is 1.65 bits per heavy atom. The third kappa shape index (κ3) is 10.3. The van der Waals surface area contributed by atoms with E-state index in [0.717, 1.165) is 12.1 Å². The van der Waals surface area contributed by atoms with Gasteiger partial charge in [-0.15, -0.1) is 25.6 Å². The molecule has 55 heavy (non-hydrogen) atoms. The SMILES string of the molecule is COc1cc(N=Nc2ccc3cc(S(=O)(=O)O)c(N=Nc4cc(OC)c(N=Nc5ccc(N)cc5S(=O)(=O)[O-])cc4OC)c([O-])c3c2)c(OC)cc1N.[Na+].[Na+]. The van der Waals surface area contributed by atoms with Crippen LogP contribution in [0.2, 0.25) is 0 Å². The molecule has 5 aromatic rings. The number of methoxy groups -OCH3 is 4. The van der Waals surface area contributed by atoms with Gasteiger partial charge < -0.3 is 40.1 Å². The Bertz CT molecular complexity index is 2570. The van der Waals surface area contributed by atoms with Crippen LogP contribution in [-0.4, -0.2) is 54.4 Å². The second-order valence-electron chi connectivity index (χ2n) is 10.7. The van der Waals surface area contributed by atoms with Gasteiger partial charge in [-0.05, 0) is 47.2 Å². The molecule has 19 nitrogen and oxygen atoms in total. The number of fused-ring (bicyclic) bond motifs is 1. The number of benzene rings is 5. The van der Waals surface area contributed by atoms with Gasteiger partial charge in [0.05, 0.1) is 50.4 Å². The number of rotatable bonds is 12. The van der Waals surface area contributed by atoms with E-state index in [4.69, 9.17) is 30.4 Å². The Balaban J connectivity index is 0.00000406. The molecule has 0 amide bonds. The minimum absolute atomic E-state index is 0. The topological polar surface area (TPSA) is 298 Å². The molecule has 0 atom stereocenters. The molecule has 5 rings (SSSR count). The minimum Gasteiger partial charge on any atom is -0.871 e. The van der Waals surface area contributed by atoms with Gasteiger partial charge in [0.1, 0.15) is 60.8 Å². The molecule has 0 fully saturated rings. The predicted molar refractivity (Wildman–Crippen MR) is 188 cm³/mol. The van der Waals surface area contributed by atoms with Crippen LogP contribution in [-0.2, 0) is 20.2 Å². The van der Waals surface area contributed by atoms with E-state index in [0.29, 0.717) is 17.2 Å². The zero-order chi connectivity index (χ0) is 38.7. The Hall–Kier alpha value is -4.42. The summed E-state index contributed by atoms with van der Waals surface area (Å²) in [4.78, 5) is -1.52. The average molecular weight is 811 g/mol. The van der Waals surface area contributed by atoms with Crippen molar-refractivity contribution in [2.24, 2.45) is 30.7 Å². The molecule has 0 unspecified atom stereocenters. The van der Waals surface area contributed by atoms with Crippen LogP contribution >= 0.6 is 0 Å². The Labute approximate surface area is 358 Å². The van der Waals surface area contributed by atoms with E-state index in [1.807, 2.05) is 0 Å². The van der Waals surface area contributed by atoms with Crippen molar-refractivity contribution in [3.05, 3.63) is 66.7 Å². The Morgan fingerprint density at radius 1 is 0.600 bits per heavy atom. The van der Waals surface area contributed by atoms with Gasteiger partial charge in [-0.3, -0.25) is 4.55 Å². The monoisotopic (exact) mass is 810 g/mol. The summed E-state index contributed by atoms with van der Waals surface area (Å²) in [7, 11) is -4.59. The van der Waals surface area contributed by atoms with Crippen LogP contribution in [0.4, 0.5) is 45.5 Å². The molecule has 0 aromatic heterocycles. The van der Waals surface area contributed by atoms with Crippen molar-refractivity contribution in [1.82, 2.24) is 0 Å². The number of hydrogen-bond donors (Lipinski definition) is 3. The molecule has 276 valence electrons. The van der Waals surface area contributed by atoms with Crippen LogP contribution in [0, 0.1) is 0 Å². The molecule has 0 aliphatic heterocycles. The quantitative estimate of drug-likeness (QED) is 0.0671.